The van der Waals surface area contributed by atoms with E-state index in [0.29, 0.717) is 42.1 Å². The third kappa shape index (κ3) is 6.69. The third-order valence-corrected chi connectivity index (χ3v) is 7.76. The molecule has 0 aliphatic carbocycles. The highest BCUT2D eigenvalue weighted by Gasteiger charge is 2.33. The fourth-order valence-corrected chi connectivity index (χ4v) is 5.51. The van der Waals surface area contributed by atoms with Gasteiger partial charge in [0.15, 0.2) is 38.6 Å². The van der Waals surface area contributed by atoms with E-state index in [1.807, 2.05) is 19.1 Å². The fraction of sp³-hybridized carbons (Fsp3) is 0.519. The van der Waals surface area contributed by atoms with Gasteiger partial charge in [-0.25, -0.2) is 8.42 Å². The average Bonchev–Trinajstić information content (AvgIpc) is 3.40. The first-order valence-corrected chi connectivity index (χ1v) is 14.1. The van der Waals surface area contributed by atoms with Crippen molar-refractivity contribution in [2.24, 2.45) is 0 Å². The minimum atomic E-state index is -3.92. The van der Waals surface area contributed by atoms with Crippen molar-refractivity contribution in [3.8, 4) is 28.7 Å². The predicted octanol–water partition coefficient (Wildman–Crippen LogP) is 3.83. The third-order valence-electron chi connectivity index (χ3n) is 6.07. The lowest BCUT2D eigenvalue weighted by atomic mass is 10.0. The Kier molecular flexibility index (Phi) is 10.2. The fourth-order valence-electron chi connectivity index (χ4n) is 4.29. The van der Waals surface area contributed by atoms with Crippen molar-refractivity contribution in [3.05, 3.63) is 35.4 Å². The first-order chi connectivity index (χ1) is 18.2. The number of sulfone groups is 1. The summed E-state index contributed by atoms with van der Waals surface area (Å²) in [6.45, 7) is 2.72. The summed E-state index contributed by atoms with van der Waals surface area (Å²) in [4.78, 5) is 11.5. The molecule has 0 aromatic heterocycles. The summed E-state index contributed by atoms with van der Waals surface area (Å²) in [6.07, 6.45) is 1.11. The van der Waals surface area contributed by atoms with Crippen LogP contribution in [0.15, 0.2) is 29.2 Å². The lowest BCUT2D eigenvalue weighted by Crippen LogP contribution is -2.15. The topological polar surface area (TPSA) is 127 Å². The van der Waals surface area contributed by atoms with Gasteiger partial charge in [-0.2, -0.15) is 0 Å². The molecule has 1 aliphatic heterocycles. The van der Waals surface area contributed by atoms with Gasteiger partial charge in [0.05, 0.1) is 52.5 Å². The number of hydrogen-bond acceptors (Lipinski definition) is 10. The predicted molar refractivity (Wildman–Crippen MR) is 139 cm³/mol. The highest BCUT2D eigenvalue weighted by molar-refractivity contribution is 7.91. The molecule has 1 aliphatic rings. The number of ketones is 1. The van der Waals surface area contributed by atoms with Gasteiger partial charge in [0.1, 0.15) is 11.5 Å². The van der Waals surface area contributed by atoms with Crippen LogP contribution in [0.2, 0.25) is 0 Å². The van der Waals surface area contributed by atoms with Gasteiger partial charge in [0.2, 0.25) is 5.75 Å². The van der Waals surface area contributed by atoms with Crippen molar-refractivity contribution < 1.29 is 46.7 Å². The molecule has 1 heterocycles. The second-order valence-corrected chi connectivity index (χ2v) is 11.0. The zero-order valence-corrected chi connectivity index (χ0v) is 23.3. The van der Waals surface area contributed by atoms with Crippen molar-refractivity contribution in [2.75, 3.05) is 46.9 Å². The standard InChI is InChI=1S/C27H36O10S/c1-6-10-35-27-24(36-16-17(2)29)14-19(15-25(27)38(30,31)11-9-28)21-8-7-20(37-21)18-12-22(32-3)26(34-5)23(13-18)33-4/h12-15,20-21,28H,6-11,16H2,1-5H3. The van der Waals surface area contributed by atoms with Crippen LogP contribution in [0.4, 0.5) is 0 Å². The second-order valence-electron chi connectivity index (χ2n) is 8.88. The molecule has 0 saturated carbocycles. The summed E-state index contributed by atoms with van der Waals surface area (Å²) in [5.74, 6) is 0.947. The molecule has 210 valence electrons. The normalized spacial score (nSPS) is 17.2. The van der Waals surface area contributed by atoms with Crippen molar-refractivity contribution in [2.45, 2.75) is 50.2 Å². The minimum absolute atomic E-state index is 0.0319. The number of ether oxygens (including phenoxy) is 6. The molecule has 2 atom stereocenters. The molecule has 1 saturated heterocycles. The van der Waals surface area contributed by atoms with Crippen molar-refractivity contribution in [1.82, 2.24) is 0 Å². The Morgan fingerprint density at radius 2 is 1.50 bits per heavy atom. The first-order valence-electron chi connectivity index (χ1n) is 12.4. The van der Waals surface area contributed by atoms with Crippen LogP contribution in [-0.4, -0.2) is 66.2 Å². The number of aliphatic hydroxyl groups is 1. The molecule has 0 amide bonds. The summed E-state index contributed by atoms with van der Waals surface area (Å²) < 4.78 is 60.4. The Bertz CT molecular complexity index is 1200. The Labute approximate surface area is 223 Å². The Morgan fingerprint density at radius 1 is 0.921 bits per heavy atom. The van der Waals surface area contributed by atoms with Crippen LogP contribution in [0, 0.1) is 0 Å². The van der Waals surface area contributed by atoms with Gasteiger partial charge in [-0.15, -0.1) is 0 Å². The van der Waals surface area contributed by atoms with E-state index in [-0.39, 0.29) is 41.5 Å². The van der Waals surface area contributed by atoms with E-state index in [4.69, 9.17) is 28.4 Å². The minimum Gasteiger partial charge on any atom is -0.493 e. The second kappa shape index (κ2) is 13.2. The van der Waals surface area contributed by atoms with E-state index in [1.165, 1.54) is 20.1 Å². The molecule has 1 fully saturated rings. The van der Waals surface area contributed by atoms with Gasteiger partial charge < -0.3 is 33.5 Å². The highest BCUT2D eigenvalue weighted by Crippen LogP contribution is 2.48. The summed E-state index contributed by atoms with van der Waals surface area (Å²) in [7, 11) is 0.694. The van der Waals surface area contributed by atoms with Gasteiger partial charge in [-0.3, -0.25) is 4.79 Å². The van der Waals surface area contributed by atoms with Crippen LogP contribution >= 0.6 is 0 Å². The molecule has 0 radical (unpaired) electrons. The molecule has 2 aromatic carbocycles. The SMILES string of the molecule is CCCOc1c(OCC(C)=O)cc(C2CCC(c3cc(OC)c(OC)c(OC)c3)O2)cc1S(=O)(=O)CCO. The Balaban J connectivity index is 2.03. The maximum Gasteiger partial charge on any atom is 0.203 e. The molecule has 1 N–H and O–H groups in total. The summed E-state index contributed by atoms with van der Waals surface area (Å²) in [5, 5.41) is 9.39. The van der Waals surface area contributed by atoms with E-state index >= 15 is 0 Å². The molecule has 0 spiro atoms. The number of Topliss-reactive ketones (excluding diaryl/α,β-unsaturated/α-hetero) is 1. The number of carbonyl (C=O) groups excluding carboxylic acids is 1. The van der Waals surface area contributed by atoms with Gasteiger partial charge in [0, 0.05) is 0 Å². The van der Waals surface area contributed by atoms with Crippen LogP contribution in [0.5, 0.6) is 28.7 Å². The lowest BCUT2D eigenvalue weighted by molar-refractivity contribution is -0.118. The summed E-state index contributed by atoms with van der Waals surface area (Å²) >= 11 is 0. The molecular weight excluding hydrogens is 516 g/mol. The number of aliphatic hydroxyl groups excluding tert-OH is 1. The molecule has 2 aromatic rings. The van der Waals surface area contributed by atoms with Gasteiger partial charge in [0.25, 0.3) is 0 Å². The van der Waals surface area contributed by atoms with E-state index in [0.717, 1.165) is 5.56 Å². The first kappa shape index (κ1) is 29.5. The van der Waals surface area contributed by atoms with Crippen LogP contribution in [0.3, 0.4) is 0 Å². The molecule has 10 nitrogen and oxygen atoms in total. The molecular formula is C27H36O10S. The van der Waals surface area contributed by atoms with E-state index in [2.05, 4.69) is 0 Å². The Hall–Kier alpha value is -3.02. The number of rotatable bonds is 14. The van der Waals surface area contributed by atoms with Crippen molar-refractivity contribution in [3.63, 3.8) is 0 Å². The van der Waals surface area contributed by atoms with Gasteiger partial charge >= 0.3 is 0 Å². The van der Waals surface area contributed by atoms with Crippen LogP contribution < -0.4 is 23.7 Å². The largest absolute Gasteiger partial charge is 0.493 e. The molecule has 2 unspecified atom stereocenters. The van der Waals surface area contributed by atoms with Crippen molar-refractivity contribution >= 4 is 15.6 Å². The molecule has 38 heavy (non-hydrogen) atoms. The summed E-state index contributed by atoms with van der Waals surface area (Å²) in [6, 6.07) is 6.83. The highest BCUT2D eigenvalue weighted by atomic mass is 32.2. The summed E-state index contributed by atoms with van der Waals surface area (Å²) in [5.41, 5.74) is 1.39. The zero-order chi connectivity index (χ0) is 27.9. The van der Waals surface area contributed by atoms with Crippen LogP contribution in [0.1, 0.15) is 56.4 Å². The smallest absolute Gasteiger partial charge is 0.203 e. The van der Waals surface area contributed by atoms with Crippen LogP contribution in [-0.2, 0) is 19.4 Å². The molecule has 11 heteroatoms. The monoisotopic (exact) mass is 552 g/mol. The number of carbonyl (C=O) groups is 1. The Morgan fingerprint density at radius 3 is 2.00 bits per heavy atom. The van der Waals surface area contributed by atoms with Gasteiger partial charge in [-0.1, -0.05) is 6.92 Å². The lowest BCUT2D eigenvalue weighted by Gasteiger charge is -2.21. The molecule has 0 bridgehead atoms. The average molecular weight is 553 g/mol. The van der Waals surface area contributed by atoms with E-state index in [1.54, 1.807) is 20.3 Å². The quantitative estimate of drug-likeness (QED) is 0.369. The maximum atomic E-state index is 13.1. The van der Waals surface area contributed by atoms with E-state index < -0.39 is 28.3 Å². The number of methoxy groups -OCH3 is 3. The number of hydrogen-bond donors (Lipinski definition) is 1. The van der Waals surface area contributed by atoms with Crippen LogP contribution in [0.25, 0.3) is 0 Å². The zero-order valence-electron chi connectivity index (χ0n) is 22.4. The van der Waals surface area contributed by atoms with Crippen molar-refractivity contribution in [1.29, 1.82) is 0 Å². The van der Waals surface area contributed by atoms with E-state index in [9.17, 15) is 18.3 Å². The van der Waals surface area contributed by atoms with Gasteiger partial charge in [-0.05, 0) is 61.6 Å². The number of benzene rings is 2. The molecule has 3 rings (SSSR count). The maximum absolute atomic E-state index is 13.1.